The van der Waals surface area contributed by atoms with E-state index < -0.39 is 12.1 Å². The highest BCUT2D eigenvalue weighted by atomic mass is 32.2. The van der Waals surface area contributed by atoms with E-state index in [0.717, 1.165) is 17.7 Å². The van der Waals surface area contributed by atoms with Gasteiger partial charge in [0, 0.05) is 10.6 Å². The highest BCUT2D eigenvalue weighted by Crippen LogP contribution is 2.37. The zero-order chi connectivity index (χ0) is 16.2. The molecule has 1 aliphatic rings. The first-order valence-electron chi connectivity index (χ1n) is 7.31. The Morgan fingerprint density at radius 1 is 1.43 bits per heavy atom. The van der Waals surface area contributed by atoms with E-state index >= 15 is 0 Å². The van der Waals surface area contributed by atoms with E-state index in [1.165, 1.54) is 24.1 Å². The third kappa shape index (κ3) is 3.51. The molecule has 7 heteroatoms. The molecule has 0 bridgehead atoms. The van der Waals surface area contributed by atoms with Crippen LogP contribution in [0.4, 0.5) is 9.18 Å². The lowest BCUT2D eigenvalue weighted by Crippen LogP contribution is -2.41. The van der Waals surface area contributed by atoms with E-state index in [-0.39, 0.29) is 18.5 Å². The van der Waals surface area contributed by atoms with Crippen molar-refractivity contribution in [2.75, 3.05) is 12.4 Å². The Balaban J connectivity index is 1.68. The van der Waals surface area contributed by atoms with Gasteiger partial charge in [-0.1, -0.05) is 12.1 Å². The number of hydrogen-bond donors (Lipinski definition) is 3. The first-order valence-corrected chi connectivity index (χ1v) is 8.30. The molecule has 2 amide bonds. The van der Waals surface area contributed by atoms with Crippen LogP contribution in [-0.4, -0.2) is 23.5 Å². The summed E-state index contributed by atoms with van der Waals surface area (Å²) in [7, 11) is 0. The van der Waals surface area contributed by atoms with Gasteiger partial charge in [-0.05, 0) is 30.2 Å². The number of hydrogen-bond acceptors (Lipinski definition) is 4. The molecule has 0 saturated carbocycles. The van der Waals surface area contributed by atoms with Crippen LogP contribution in [0.25, 0.3) is 0 Å². The first-order chi connectivity index (χ1) is 11.2. The Bertz CT molecular complexity index is 678. The van der Waals surface area contributed by atoms with Gasteiger partial charge >= 0.3 is 6.03 Å². The van der Waals surface area contributed by atoms with E-state index in [9.17, 15) is 14.3 Å². The number of rotatable bonds is 4. The summed E-state index contributed by atoms with van der Waals surface area (Å²) in [5, 5.41) is 14.9. The number of amides is 2. The minimum absolute atomic E-state index is 0.252. The van der Waals surface area contributed by atoms with Crippen molar-refractivity contribution in [1.82, 2.24) is 10.6 Å². The number of carbonyl (C=O) groups excluding carboxylic acids is 1. The number of nitrogens with one attached hydrogen (secondary N) is 2. The number of aliphatic hydroxyl groups excluding tert-OH is 1. The van der Waals surface area contributed by atoms with Crippen LogP contribution >= 0.6 is 11.8 Å². The molecule has 23 heavy (non-hydrogen) atoms. The molecule has 0 saturated heterocycles. The lowest BCUT2D eigenvalue weighted by molar-refractivity contribution is 0.205. The number of thioether (sulfide) groups is 1. The summed E-state index contributed by atoms with van der Waals surface area (Å²) in [5.74, 6) is 0.956. The van der Waals surface area contributed by atoms with Crippen LogP contribution in [0.2, 0.25) is 0 Å². The molecule has 0 fully saturated rings. The van der Waals surface area contributed by atoms with Crippen molar-refractivity contribution < 1.29 is 18.7 Å². The Hall–Kier alpha value is -1.99. The fraction of sp³-hybridized carbons (Fsp3) is 0.312. The SMILES string of the molecule is O=C(N[C@H](CO)c1ccco1)N[C@@H]1CCSc2c(F)cccc21. The zero-order valence-corrected chi connectivity index (χ0v) is 13.1. The number of carbonyl (C=O) groups is 1. The van der Waals surface area contributed by atoms with Crippen LogP contribution in [0.1, 0.15) is 29.8 Å². The number of urea groups is 1. The molecule has 0 unspecified atom stereocenters. The topological polar surface area (TPSA) is 74.5 Å². The van der Waals surface area contributed by atoms with Crippen LogP contribution in [-0.2, 0) is 0 Å². The van der Waals surface area contributed by atoms with Crippen molar-refractivity contribution >= 4 is 17.8 Å². The Morgan fingerprint density at radius 2 is 2.30 bits per heavy atom. The second-order valence-corrected chi connectivity index (χ2v) is 6.32. The predicted octanol–water partition coefficient (Wildman–Crippen LogP) is 2.99. The average molecular weight is 336 g/mol. The summed E-state index contributed by atoms with van der Waals surface area (Å²) in [6.07, 6.45) is 2.20. The van der Waals surface area contributed by atoms with Crippen LogP contribution in [0, 0.1) is 5.82 Å². The van der Waals surface area contributed by atoms with Crippen molar-refractivity contribution in [3.8, 4) is 0 Å². The van der Waals surface area contributed by atoms with Crippen molar-refractivity contribution in [1.29, 1.82) is 0 Å². The predicted molar refractivity (Wildman–Crippen MR) is 84.7 cm³/mol. The highest BCUT2D eigenvalue weighted by molar-refractivity contribution is 7.99. The maximum Gasteiger partial charge on any atom is 0.315 e. The highest BCUT2D eigenvalue weighted by Gasteiger charge is 2.25. The fourth-order valence-electron chi connectivity index (χ4n) is 2.59. The summed E-state index contributed by atoms with van der Waals surface area (Å²) in [5.41, 5.74) is 0.787. The van der Waals surface area contributed by atoms with Gasteiger partial charge in [0.1, 0.15) is 17.6 Å². The summed E-state index contributed by atoms with van der Waals surface area (Å²) < 4.78 is 19.0. The molecular formula is C16H17FN2O3S. The molecule has 3 rings (SSSR count). The molecular weight excluding hydrogens is 319 g/mol. The second-order valence-electron chi connectivity index (χ2n) is 5.22. The Kier molecular flexibility index (Phi) is 4.88. The monoisotopic (exact) mass is 336 g/mol. The summed E-state index contributed by atoms with van der Waals surface area (Å²) in [4.78, 5) is 12.8. The van der Waals surface area contributed by atoms with Crippen molar-refractivity contribution in [3.05, 3.63) is 53.7 Å². The van der Waals surface area contributed by atoms with Crippen LogP contribution in [0.15, 0.2) is 45.9 Å². The summed E-state index contributed by atoms with van der Waals surface area (Å²) in [6, 6.07) is 6.98. The third-order valence-corrected chi connectivity index (χ3v) is 4.86. The molecule has 1 aromatic heterocycles. The number of fused-ring (bicyclic) bond motifs is 1. The van der Waals surface area contributed by atoms with Gasteiger partial charge in [0.2, 0.25) is 0 Å². The van der Waals surface area contributed by atoms with E-state index in [1.54, 1.807) is 18.2 Å². The molecule has 2 aromatic rings. The van der Waals surface area contributed by atoms with Gasteiger partial charge in [-0.15, -0.1) is 11.8 Å². The first kappa shape index (κ1) is 15.9. The quantitative estimate of drug-likeness (QED) is 0.802. The zero-order valence-electron chi connectivity index (χ0n) is 12.3. The number of aliphatic hydroxyl groups is 1. The van der Waals surface area contributed by atoms with Crippen LogP contribution in [0.5, 0.6) is 0 Å². The molecule has 0 radical (unpaired) electrons. The molecule has 122 valence electrons. The van der Waals surface area contributed by atoms with E-state index in [1.807, 2.05) is 6.07 Å². The molecule has 1 aromatic carbocycles. The lowest BCUT2D eigenvalue weighted by atomic mass is 10.0. The summed E-state index contributed by atoms with van der Waals surface area (Å²) >= 11 is 1.46. The normalized spacial score (nSPS) is 18.1. The van der Waals surface area contributed by atoms with Crippen LogP contribution in [0.3, 0.4) is 0 Å². The summed E-state index contributed by atoms with van der Waals surface area (Å²) in [6.45, 7) is -0.271. The number of benzene rings is 1. The third-order valence-electron chi connectivity index (χ3n) is 3.71. The van der Waals surface area contributed by atoms with Crippen molar-refractivity contribution in [3.63, 3.8) is 0 Å². The molecule has 2 atom stereocenters. The van der Waals surface area contributed by atoms with Crippen LogP contribution < -0.4 is 10.6 Å². The van der Waals surface area contributed by atoms with Gasteiger partial charge in [-0.25, -0.2) is 9.18 Å². The van der Waals surface area contributed by atoms with Gasteiger partial charge in [0.05, 0.1) is 18.9 Å². The smallest absolute Gasteiger partial charge is 0.315 e. The number of furan rings is 1. The Labute approximate surface area is 137 Å². The molecule has 3 N–H and O–H groups in total. The fourth-order valence-corrected chi connectivity index (χ4v) is 3.73. The maximum absolute atomic E-state index is 13.8. The van der Waals surface area contributed by atoms with Crippen molar-refractivity contribution in [2.45, 2.75) is 23.4 Å². The van der Waals surface area contributed by atoms with Gasteiger partial charge < -0.3 is 20.2 Å². The minimum atomic E-state index is -0.616. The van der Waals surface area contributed by atoms with Gasteiger partial charge in [-0.2, -0.15) is 0 Å². The minimum Gasteiger partial charge on any atom is -0.467 e. The van der Waals surface area contributed by atoms with Gasteiger partial charge in [-0.3, -0.25) is 0 Å². The van der Waals surface area contributed by atoms with Gasteiger partial charge in [0.15, 0.2) is 0 Å². The Morgan fingerprint density at radius 3 is 3.04 bits per heavy atom. The molecule has 5 nitrogen and oxygen atoms in total. The van der Waals surface area contributed by atoms with E-state index in [4.69, 9.17) is 4.42 Å². The van der Waals surface area contributed by atoms with Gasteiger partial charge in [0.25, 0.3) is 0 Å². The standard InChI is InChI=1S/C16H17FN2O3S/c17-11-4-1-3-10-12(6-8-23-15(10)11)18-16(21)19-13(9-20)14-5-2-7-22-14/h1-5,7,12-13,20H,6,8-9H2,(H2,18,19,21)/t12-,13-/m1/s1. The second kappa shape index (κ2) is 7.06. The lowest BCUT2D eigenvalue weighted by Gasteiger charge is -2.27. The van der Waals surface area contributed by atoms with E-state index in [0.29, 0.717) is 10.7 Å². The average Bonchev–Trinajstić information content (AvgIpc) is 3.08. The van der Waals surface area contributed by atoms with E-state index in [2.05, 4.69) is 10.6 Å². The molecule has 1 aliphatic heterocycles. The van der Waals surface area contributed by atoms with Crippen molar-refractivity contribution in [2.24, 2.45) is 0 Å². The molecule has 0 spiro atoms. The largest absolute Gasteiger partial charge is 0.467 e. The number of halogens is 1. The maximum atomic E-state index is 13.8. The molecule has 2 heterocycles. The molecule has 0 aliphatic carbocycles.